The lowest BCUT2D eigenvalue weighted by Crippen LogP contribution is -2.31. The molecule has 12 heteroatoms. The van der Waals surface area contributed by atoms with Crippen LogP contribution in [-0.2, 0) is 26.6 Å². The van der Waals surface area contributed by atoms with Gasteiger partial charge in [-0.2, -0.15) is 0 Å². The van der Waals surface area contributed by atoms with E-state index in [0.717, 1.165) is 15.9 Å². The van der Waals surface area contributed by atoms with Crippen molar-refractivity contribution >= 4 is 37.4 Å². The minimum atomic E-state index is -4.21. The fourth-order valence-corrected chi connectivity index (χ4v) is 7.39. The summed E-state index contributed by atoms with van der Waals surface area (Å²) in [5.74, 6) is -1.27. The molecule has 0 heterocycles. The lowest BCUT2D eigenvalue weighted by atomic mass is 10.2. The third kappa shape index (κ3) is 6.72. The van der Waals surface area contributed by atoms with Gasteiger partial charge in [0.25, 0.3) is 20.0 Å². The van der Waals surface area contributed by atoms with Gasteiger partial charge in [0, 0.05) is 7.05 Å². The number of rotatable bonds is 11. The summed E-state index contributed by atoms with van der Waals surface area (Å²) in [5, 5.41) is 0. The van der Waals surface area contributed by atoms with Crippen LogP contribution in [0.3, 0.4) is 0 Å². The van der Waals surface area contributed by atoms with Crippen molar-refractivity contribution in [1.82, 2.24) is 0 Å². The third-order valence-electron chi connectivity index (χ3n) is 7.07. The molecular formula is C34H29FN2O7S2. The number of carbonyl (C=O) groups excluding carboxylic acids is 1. The Bertz CT molecular complexity index is 2070. The van der Waals surface area contributed by atoms with Crippen LogP contribution in [0.1, 0.15) is 15.9 Å². The zero-order valence-electron chi connectivity index (χ0n) is 24.8. The Hall–Kier alpha value is -5.20. The third-order valence-corrected chi connectivity index (χ3v) is 10.6. The predicted octanol–water partition coefficient (Wildman–Crippen LogP) is 6.27. The summed E-state index contributed by atoms with van der Waals surface area (Å²) in [5.41, 5.74) is 1.24. The van der Waals surface area contributed by atoms with Crippen LogP contribution in [0.15, 0.2) is 137 Å². The number of ether oxygens (including phenoxy) is 2. The van der Waals surface area contributed by atoms with E-state index < -0.39 is 36.7 Å². The molecule has 46 heavy (non-hydrogen) atoms. The summed E-state index contributed by atoms with van der Waals surface area (Å²) in [7, 11) is -5.67. The van der Waals surface area contributed by atoms with Crippen LogP contribution < -0.4 is 18.1 Å². The summed E-state index contributed by atoms with van der Waals surface area (Å²) in [6, 6.07) is 31.9. The van der Waals surface area contributed by atoms with Gasteiger partial charge in [-0.05, 0) is 72.3 Å². The molecule has 0 atom stereocenters. The van der Waals surface area contributed by atoms with Gasteiger partial charge in [-0.1, -0.05) is 60.7 Å². The van der Waals surface area contributed by atoms with E-state index in [1.165, 1.54) is 85.2 Å². The molecule has 0 aliphatic heterocycles. The smallest absolute Gasteiger partial charge is 0.343 e. The van der Waals surface area contributed by atoms with Gasteiger partial charge >= 0.3 is 5.97 Å². The molecule has 0 spiro atoms. The maximum Gasteiger partial charge on any atom is 0.343 e. The van der Waals surface area contributed by atoms with E-state index in [9.17, 15) is 26.0 Å². The summed E-state index contributed by atoms with van der Waals surface area (Å²) in [6.45, 7) is 0.00560. The zero-order chi connectivity index (χ0) is 32.9. The van der Waals surface area contributed by atoms with Crippen molar-refractivity contribution in [3.63, 3.8) is 0 Å². The van der Waals surface area contributed by atoms with Crippen molar-refractivity contribution in [2.45, 2.75) is 16.3 Å². The fourth-order valence-electron chi connectivity index (χ4n) is 4.63. The van der Waals surface area contributed by atoms with Crippen molar-refractivity contribution in [1.29, 1.82) is 0 Å². The molecule has 0 unspecified atom stereocenters. The van der Waals surface area contributed by atoms with Crippen LogP contribution in [0, 0.1) is 5.82 Å². The van der Waals surface area contributed by atoms with Crippen molar-refractivity contribution < 1.29 is 35.5 Å². The van der Waals surface area contributed by atoms with E-state index in [-0.39, 0.29) is 28.4 Å². The van der Waals surface area contributed by atoms with Gasteiger partial charge in [0.05, 0.1) is 35.5 Å². The number of para-hydroxylation sites is 2. The Balaban J connectivity index is 1.39. The molecular weight excluding hydrogens is 632 g/mol. The minimum Gasteiger partial charge on any atom is -0.495 e. The monoisotopic (exact) mass is 660 g/mol. The topological polar surface area (TPSA) is 110 Å². The van der Waals surface area contributed by atoms with Gasteiger partial charge in [-0.25, -0.2) is 26.0 Å². The Morgan fingerprint density at radius 1 is 0.739 bits per heavy atom. The van der Waals surface area contributed by atoms with Crippen LogP contribution in [0.5, 0.6) is 11.5 Å². The number of esters is 1. The lowest BCUT2D eigenvalue weighted by Gasteiger charge is -2.26. The molecule has 0 aromatic heterocycles. The highest BCUT2D eigenvalue weighted by atomic mass is 32.2. The maximum absolute atomic E-state index is 14.2. The number of benzene rings is 5. The molecule has 236 valence electrons. The van der Waals surface area contributed by atoms with E-state index >= 15 is 0 Å². The van der Waals surface area contributed by atoms with E-state index in [0.29, 0.717) is 11.4 Å². The molecule has 0 N–H and O–H groups in total. The molecule has 9 nitrogen and oxygen atoms in total. The first-order valence-electron chi connectivity index (χ1n) is 13.9. The van der Waals surface area contributed by atoms with Crippen LogP contribution in [0.4, 0.5) is 15.8 Å². The number of nitrogens with zero attached hydrogens (tertiary/aromatic N) is 2. The highest BCUT2D eigenvalue weighted by Gasteiger charge is 2.29. The Morgan fingerprint density at radius 2 is 1.39 bits per heavy atom. The summed E-state index contributed by atoms with van der Waals surface area (Å²) in [4.78, 5) is 12.5. The molecule has 0 amide bonds. The van der Waals surface area contributed by atoms with Crippen molar-refractivity contribution in [3.05, 3.63) is 144 Å². The number of methoxy groups -OCH3 is 1. The molecule has 0 bridgehead atoms. The molecule has 5 aromatic carbocycles. The Morgan fingerprint density at radius 3 is 2.09 bits per heavy atom. The second kappa shape index (κ2) is 13.4. The standard InChI is InChI=1S/C34H29FN2O7S2/c1-36(46(41,42)33-18-9-6-15-30(33)35)27-19-21-28(22-20-27)44-34(38)26-13-10-14-29(23-26)45(39,40)37(24-25-11-4-3-5-12-25)31-16-7-8-17-32(31)43-2/h3-23H,24H2,1-2H3. The van der Waals surface area contributed by atoms with Crippen LogP contribution in [-0.4, -0.2) is 37.0 Å². The van der Waals surface area contributed by atoms with E-state index in [2.05, 4.69) is 0 Å². The molecule has 0 fully saturated rings. The van der Waals surface area contributed by atoms with E-state index in [1.807, 2.05) is 30.3 Å². The summed E-state index contributed by atoms with van der Waals surface area (Å²) < 4.78 is 81.3. The normalized spacial score (nSPS) is 11.5. The van der Waals surface area contributed by atoms with E-state index in [4.69, 9.17) is 9.47 Å². The summed E-state index contributed by atoms with van der Waals surface area (Å²) >= 11 is 0. The van der Waals surface area contributed by atoms with Crippen LogP contribution in [0.25, 0.3) is 0 Å². The van der Waals surface area contributed by atoms with Gasteiger partial charge in [0.2, 0.25) is 0 Å². The van der Waals surface area contributed by atoms with Crippen LogP contribution >= 0.6 is 0 Å². The van der Waals surface area contributed by atoms with Crippen molar-refractivity contribution in [3.8, 4) is 11.5 Å². The first kappa shape index (κ1) is 32.2. The maximum atomic E-state index is 14.2. The number of anilines is 2. The van der Waals surface area contributed by atoms with Gasteiger partial charge in [-0.3, -0.25) is 8.61 Å². The first-order valence-corrected chi connectivity index (χ1v) is 16.8. The van der Waals surface area contributed by atoms with E-state index in [1.54, 1.807) is 24.3 Å². The number of sulfonamides is 2. The largest absolute Gasteiger partial charge is 0.495 e. The minimum absolute atomic E-state index is 0.00560. The molecule has 0 aliphatic carbocycles. The van der Waals surface area contributed by atoms with Crippen LogP contribution in [0.2, 0.25) is 0 Å². The van der Waals surface area contributed by atoms with Gasteiger partial charge < -0.3 is 9.47 Å². The van der Waals surface area contributed by atoms with Crippen molar-refractivity contribution in [2.24, 2.45) is 0 Å². The average Bonchev–Trinajstić information content (AvgIpc) is 3.07. The molecule has 5 rings (SSSR count). The van der Waals surface area contributed by atoms with Gasteiger partial charge in [0.15, 0.2) is 0 Å². The molecule has 0 saturated carbocycles. The SMILES string of the molecule is COc1ccccc1N(Cc1ccccc1)S(=O)(=O)c1cccc(C(=O)Oc2ccc(N(C)S(=O)(=O)c3ccccc3F)cc2)c1. The van der Waals surface area contributed by atoms with Gasteiger partial charge in [0.1, 0.15) is 22.2 Å². The van der Waals surface area contributed by atoms with Crippen molar-refractivity contribution in [2.75, 3.05) is 22.8 Å². The molecule has 0 aliphatic rings. The Labute approximate surface area is 267 Å². The fraction of sp³-hybridized carbons (Fsp3) is 0.0882. The average molecular weight is 661 g/mol. The number of hydrogen-bond donors (Lipinski definition) is 0. The van der Waals surface area contributed by atoms with Gasteiger partial charge in [-0.15, -0.1) is 0 Å². The lowest BCUT2D eigenvalue weighted by molar-refractivity contribution is 0.0734. The molecule has 0 radical (unpaired) electrons. The number of halogens is 1. The Kier molecular flexibility index (Phi) is 9.40. The number of hydrogen-bond acceptors (Lipinski definition) is 7. The first-order chi connectivity index (χ1) is 22.0. The summed E-state index contributed by atoms with van der Waals surface area (Å²) in [6.07, 6.45) is 0. The predicted molar refractivity (Wildman–Crippen MR) is 173 cm³/mol. The second-order valence-corrected chi connectivity index (χ2v) is 13.8. The zero-order valence-corrected chi connectivity index (χ0v) is 26.4. The number of carbonyl (C=O) groups is 1. The second-order valence-electron chi connectivity index (χ2n) is 9.98. The molecule has 5 aromatic rings. The highest BCUT2D eigenvalue weighted by molar-refractivity contribution is 7.93. The quantitative estimate of drug-likeness (QED) is 0.121. The molecule has 0 saturated heterocycles. The highest BCUT2D eigenvalue weighted by Crippen LogP contribution is 2.34.